The number of halogens is 1. The van der Waals surface area contributed by atoms with Crippen molar-refractivity contribution in [3.8, 4) is 5.75 Å². The number of rotatable bonds is 1. The fraction of sp³-hybridized carbons (Fsp3) is 0.111. The Morgan fingerprint density at radius 2 is 2.15 bits per heavy atom. The van der Waals surface area contributed by atoms with Crippen LogP contribution in [0.5, 0.6) is 5.75 Å². The highest BCUT2D eigenvalue weighted by Gasteiger charge is 2.06. The normalized spacial score (nSPS) is 10.9. The molecule has 1 aromatic heterocycles. The Morgan fingerprint density at radius 3 is 2.85 bits per heavy atom. The van der Waals surface area contributed by atoms with Crippen molar-refractivity contribution in [3.05, 3.63) is 27.5 Å². The molecule has 0 fully saturated rings. The molecule has 0 radical (unpaired) electrons. The summed E-state index contributed by atoms with van der Waals surface area (Å²) in [6, 6.07) is 3.70. The van der Waals surface area contributed by atoms with Gasteiger partial charge in [-0.1, -0.05) is 15.9 Å². The molecule has 4 heteroatoms. The van der Waals surface area contributed by atoms with E-state index in [1.54, 1.807) is 5.38 Å². The summed E-state index contributed by atoms with van der Waals surface area (Å²) in [6.07, 6.45) is 0. The predicted octanol–water partition coefficient (Wildman–Crippen LogP) is 2.86. The molecule has 0 aliphatic carbocycles. The quantitative estimate of drug-likeness (QED) is 0.826. The van der Waals surface area contributed by atoms with Gasteiger partial charge in [0.15, 0.2) is 0 Å². The molecule has 2 N–H and O–H groups in total. The van der Waals surface area contributed by atoms with Crippen LogP contribution in [0.3, 0.4) is 0 Å². The van der Waals surface area contributed by atoms with E-state index in [1.807, 2.05) is 12.1 Å². The molecular formula is C9H7BrO2S. The van der Waals surface area contributed by atoms with Crippen LogP contribution >= 0.6 is 27.3 Å². The Kier molecular flexibility index (Phi) is 2.27. The molecule has 2 nitrogen and oxygen atoms in total. The molecule has 68 valence electrons. The Hall–Kier alpha value is -0.580. The molecular weight excluding hydrogens is 252 g/mol. The van der Waals surface area contributed by atoms with Gasteiger partial charge in [-0.15, -0.1) is 11.3 Å². The second-order valence-corrected chi connectivity index (χ2v) is 4.48. The van der Waals surface area contributed by atoms with Gasteiger partial charge in [0.2, 0.25) is 0 Å². The highest BCUT2D eigenvalue weighted by atomic mass is 79.9. The molecule has 0 aliphatic rings. The van der Waals surface area contributed by atoms with Gasteiger partial charge < -0.3 is 10.2 Å². The van der Waals surface area contributed by atoms with Crippen LogP contribution in [0.4, 0.5) is 0 Å². The summed E-state index contributed by atoms with van der Waals surface area (Å²) in [5.74, 6) is 0.296. The number of hydrogen-bond donors (Lipinski definition) is 2. The average Bonchev–Trinajstić information content (AvgIpc) is 2.47. The van der Waals surface area contributed by atoms with Crippen molar-refractivity contribution >= 4 is 37.4 Å². The van der Waals surface area contributed by atoms with E-state index in [0.717, 1.165) is 20.1 Å². The zero-order valence-electron chi connectivity index (χ0n) is 6.62. The Labute approximate surface area is 87.6 Å². The van der Waals surface area contributed by atoms with Gasteiger partial charge >= 0.3 is 0 Å². The number of hydrogen-bond acceptors (Lipinski definition) is 3. The molecule has 0 saturated heterocycles. The van der Waals surface area contributed by atoms with Crippen LogP contribution in [-0.2, 0) is 6.61 Å². The van der Waals surface area contributed by atoms with Crippen LogP contribution in [0.25, 0.3) is 10.1 Å². The highest BCUT2D eigenvalue weighted by Crippen LogP contribution is 2.35. The minimum Gasteiger partial charge on any atom is -0.506 e. The highest BCUT2D eigenvalue weighted by molar-refractivity contribution is 9.10. The summed E-state index contributed by atoms with van der Waals surface area (Å²) >= 11 is 4.80. The molecule has 2 rings (SSSR count). The van der Waals surface area contributed by atoms with Gasteiger partial charge in [-0.2, -0.15) is 0 Å². The van der Waals surface area contributed by atoms with Crippen LogP contribution in [0.2, 0.25) is 0 Å². The summed E-state index contributed by atoms with van der Waals surface area (Å²) in [6.45, 7) is 0.00911. The lowest BCUT2D eigenvalue weighted by atomic mass is 10.2. The van der Waals surface area contributed by atoms with E-state index in [1.165, 1.54) is 11.3 Å². The van der Waals surface area contributed by atoms with Crippen molar-refractivity contribution in [1.29, 1.82) is 0 Å². The fourth-order valence-corrected chi connectivity index (χ4v) is 2.53. The van der Waals surface area contributed by atoms with E-state index >= 15 is 0 Å². The van der Waals surface area contributed by atoms with Gasteiger partial charge in [0.25, 0.3) is 0 Å². The number of aromatic hydroxyl groups is 1. The predicted molar refractivity (Wildman–Crippen MR) is 57.1 cm³/mol. The SMILES string of the molecule is OCc1cc2scc(O)c2cc1Br. The third kappa shape index (κ3) is 1.45. The topological polar surface area (TPSA) is 40.5 Å². The first-order chi connectivity index (χ1) is 6.22. The van der Waals surface area contributed by atoms with Crippen LogP contribution in [0.15, 0.2) is 22.0 Å². The van der Waals surface area contributed by atoms with Crippen molar-refractivity contribution in [1.82, 2.24) is 0 Å². The summed E-state index contributed by atoms with van der Waals surface area (Å²) in [7, 11) is 0. The molecule has 0 aliphatic heterocycles. The van der Waals surface area contributed by atoms with Crippen LogP contribution in [-0.4, -0.2) is 10.2 Å². The molecule has 2 aromatic rings. The molecule has 0 bridgehead atoms. The largest absolute Gasteiger partial charge is 0.506 e. The molecule has 13 heavy (non-hydrogen) atoms. The fourth-order valence-electron chi connectivity index (χ4n) is 1.20. The first-order valence-corrected chi connectivity index (χ1v) is 5.39. The zero-order valence-corrected chi connectivity index (χ0v) is 9.02. The maximum Gasteiger partial charge on any atom is 0.134 e. The van der Waals surface area contributed by atoms with E-state index in [0.29, 0.717) is 5.75 Å². The molecule has 1 aromatic carbocycles. The summed E-state index contributed by atoms with van der Waals surface area (Å²) < 4.78 is 1.82. The summed E-state index contributed by atoms with van der Waals surface area (Å²) in [5, 5.41) is 20.9. The molecule has 1 heterocycles. The van der Waals surface area contributed by atoms with E-state index in [9.17, 15) is 5.11 Å². The Morgan fingerprint density at radius 1 is 1.38 bits per heavy atom. The number of fused-ring (bicyclic) bond motifs is 1. The second-order valence-electron chi connectivity index (χ2n) is 2.72. The molecule has 0 spiro atoms. The third-order valence-corrected chi connectivity index (χ3v) is 3.56. The van der Waals surface area contributed by atoms with Gasteiger partial charge in [0.05, 0.1) is 6.61 Å². The van der Waals surface area contributed by atoms with E-state index in [4.69, 9.17) is 5.11 Å². The standard InChI is InChI=1S/C9H7BrO2S/c10-7-2-6-8(12)4-13-9(6)1-5(7)3-11/h1-2,4,11-12H,3H2. The van der Waals surface area contributed by atoms with Crippen LogP contribution < -0.4 is 0 Å². The van der Waals surface area contributed by atoms with Crippen LogP contribution in [0, 0.1) is 0 Å². The van der Waals surface area contributed by atoms with Crippen molar-refractivity contribution in [2.45, 2.75) is 6.61 Å². The lowest BCUT2D eigenvalue weighted by Crippen LogP contribution is -1.83. The number of aliphatic hydroxyl groups excluding tert-OH is 1. The third-order valence-electron chi connectivity index (χ3n) is 1.89. The van der Waals surface area contributed by atoms with Gasteiger partial charge in [-0.3, -0.25) is 0 Å². The monoisotopic (exact) mass is 258 g/mol. The van der Waals surface area contributed by atoms with Crippen molar-refractivity contribution in [3.63, 3.8) is 0 Å². The molecule has 0 saturated carbocycles. The van der Waals surface area contributed by atoms with E-state index in [2.05, 4.69) is 15.9 Å². The van der Waals surface area contributed by atoms with Crippen molar-refractivity contribution in [2.75, 3.05) is 0 Å². The zero-order chi connectivity index (χ0) is 9.42. The molecule has 0 unspecified atom stereocenters. The average molecular weight is 259 g/mol. The van der Waals surface area contributed by atoms with Crippen molar-refractivity contribution < 1.29 is 10.2 Å². The first kappa shape index (κ1) is 8.99. The number of aliphatic hydroxyl groups is 1. The molecule has 0 amide bonds. The number of benzene rings is 1. The Bertz CT molecular complexity index is 450. The summed E-state index contributed by atoms with van der Waals surface area (Å²) in [4.78, 5) is 0. The Balaban J connectivity index is 2.76. The van der Waals surface area contributed by atoms with Crippen molar-refractivity contribution in [2.24, 2.45) is 0 Å². The first-order valence-electron chi connectivity index (χ1n) is 3.72. The minimum atomic E-state index is 0.00911. The van der Waals surface area contributed by atoms with E-state index in [-0.39, 0.29) is 6.61 Å². The lowest BCUT2D eigenvalue weighted by molar-refractivity contribution is 0.281. The maximum absolute atomic E-state index is 9.43. The summed E-state index contributed by atoms with van der Waals surface area (Å²) in [5.41, 5.74) is 0.842. The van der Waals surface area contributed by atoms with Gasteiger partial charge in [-0.25, -0.2) is 0 Å². The lowest BCUT2D eigenvalue weighted by Gasteiger charge is -2.00. The minimum absolute atomic E-state index is 0.00911. The van der Waals surface area contributed by atoms with Gasteiger partial charge in [-0.05, 0) is 17.7 Å². The maximum atomic E-state index is 9.43. The van der Waals surface area contributed by atoms with E-state index < -0.39 is 0 Å². The van der Waals surface area contributed by atoms with Gasteiger partial charge in [0, 0.05) is 19.9 Å². The second kappa shape index (κ2) is 3.29. The smallest absolute Gasteiger partial charge is 0.134 e. The van der Waals surface area contributed by atoms with Gasteiger partial charge in [0.1, 0.15) is 5.75 Å². The molecule has 0 atom stereocenters. The van der Waals surface area contributed by atoms with Crippen LogP contribution in [0.1, 0.15) is 5.56 Å². The number of thiophene rings is 1.